The number of nitrogens with one attached hydrogen (secondary N) is 2. The van der Waals surface area contributed by atoms with Crippen LogP contribution >= 0.6 is 35.3 Å². The summed E-state index contributed by atoms with van der Waals surface area (Å²) in [5.74, 6) is 1.39. The second-order valence-electron chi connectivity index (χ2n) is 4.12. The lowest BCUT2D eigenvalue weighted by atomic mass is 10.2. The summed E-state index contributed by atoms with van der Waals surface area (Å²) < 4.78 is 5.10. The highest BCUT2D eigenvalue weighted by molar-refractivity contribution is 14.0. The first-order chi connectivity index (χ1) is 9.81. The summed E-state index contributed by atoms with van der Waals surface area (Å²) in [4.78, 5) is 8.28. The number of guanidine groups is 1. The number of ether oxygens (including phenoxy) is 1. The van der Waals surface area contributed by atoms with E-state index in [4.69, 9.17) is 4.74 Å². The van der Waals surface area contributed by atoms with Crippen LogP contribution in [0.2, 0.25) is 0 Å². The standard InChI is InChI=1S/C14H18N4OS.HI/c1-15-14(18-9-12-4-6-20-10-12)17-8-11-3-5-16-13(7-11)19-2;/h3-7,10H,8-9H2,1-2H3,(H2,15,17,18);1H. The Kier molecular flexibility index (Phi) is 8.06. The van der Waals surface area contributed by atoms with E-state index >= 15 is 0 Å². The van der Waals surface area contributed by atoms with Gasteiger partial charge >= 0.3 is 0 Å². The van der Waals surface area contributed by atoms with Gasteiger partial charge in [-0.3, -0.25) is 4.99 Å². The molecule has 0 unspecified atom stereocenters. The van der Waals surface area contributed by atoms with Crippen molar-refractivity contribution in [1.29, 1.82) is 0 Å². The van der Waals surface area contributed by atoms with Gasteiger partial charge in [0.15, 0.2) is 5.96 Å². The summed E-state index contributed by atoms with van der Waals surface area (Å²) in [6.07, 6.45) is 1.73. The van der Waals surface area contributed by atoms with Crippen molar-refractivity contribution in [1.82, 2.24) is 15.6 Å². The summed E-state index contributed by atoms with van der Waals surface area (Å²) in [5, 5.41) is 10.7. The Morgan fingerprint density at radius 2 is 2.05 bits per heavy atom. The predicted molar refractivity (Wildman–Crippen MR) is 97.6 cm³/mol. The van der Waals surface area contributed by atoms with Crippen LogP contribution in [0, 0.1) is 0 Å². The van der Waals surface area contributed by atoms with Crippen LogP contribution in [0.15, 0.2) is 40.1 Å². The molecule has 2 heterocycles. The van der Waals surface area contributed by atoms with Crippen LogP contribution in [0.1, 0.15) is 11.1 Å². The van der Waals surface area contributed by atoms with Crippen molar-refractivity contribution < 1.29 is 4.74 Å². The molecule has 7 heteroatoms. The molecule has 21 heavy (non-hydrogen) atoms. The van der Waals surface area contributed by atoms with Crippen LogP contribution in [0.3, 0.4) is 0 Å². The summed E-state index contributed by atoms with van der Waals surface area (Å²) >= 11 is 1.69. The Labute approximate surface area is 145 Å². The third-order valence-corrected chi connectivity index (χ3v) is 3.46. The highest BCUT2D eigenvalue weighted by atomic mass is 127. The predicted octanol–water partition coefficient (Wildman–Crippen LogP) is 2.63. The van der Waals surface area contributed by atoms with E-state index in [0.717, 1.165) is 18.1 Å². The normalized spacial score (nSPS) is 10.7. The molecule has 0 saturated heterocycles. The minimum absolute atomic E-state index is 0. The first-order valence-corrected chi connectivity index (χ1v) is 7.20. The Hall–Kier alpha value is -1.35. The maximum atomic E-state index is 5.10. The minimum atomic E-state index is 0. The molecule has 0 bridgehead atoms. The molecule has 2 aromatic heterocycles. The number of thiophene rings is 1. The van der Waals surface area contributed by atoms with Gasteiger partial charge in [0.1, 0.15) is 0 Å². The zero-order chi connectivity index (χ0) is 14.2. The molecule has 0 spiro atoms. The minimum Gasteiger partial charge on any atom is -0.481 e. The Bertz CT molecular complexity index is 560. The third kappa shape index (κ3) is 5.88. The summed E-state index contributed by atoms with van der Waals surface area (Å²) in [6, 6.07) is 5.94. The highest BCUT2D eigenvalue weighted by Gasteiger charge is 2.01. The molecule has 5 nitrogen and oxygen atoms in total. The van der Waals surface area contributed by atoms with Gasteiger partial charge in [0, 0.05) is 32.4 Å². The molecular formula is C14H19IN4OS. The van der Waals surface area contributed by atoms with E-state index in [0.29, 0.717) is 12.4 Å². The van der Waals surface area contributed by atoms with Crippen LogP contribution in [0.4, 0.5) is 0 Å². The lowest BCUT2D eigenvalue weighted by molar-refractivity contribution is 0.397. The van der Waals surface area contributed by atoms with Gasteiger partial charge in [0.25, 0.3) is 0 Å². The van der Waals surface area contributed by atoms with Gasteiger partial charge in [-0.05, 0) is 34.0 Å². The Morgan fingerprint density at radius 3 is 2.67 bits per heavy atom. The average molecular weight is 418 g/mol. The molecule has 0 fully saturated rings. The second-order valence-corrected chi connectivity index (χ2v) is 4.90. The number of hydrogen-bond donors (Lipinski definition) is 2. The van der Waals surface area contributed by atoms with E-state index in [1.54, 1.807) is 31.7 Å². The van der Waals surface area contributed by atoms with E-state index < -0.39 is 0 Å². The van der Waals surface area contributed by atoms with Crippen LogP contribution in [-0.4, -0.2) is 25.1 Å². The first kappa shape index (κ1) is 17.7. The molecule has 0 atom stereocenters. The van der Waals surface area contributed by atoms with Gasteiger partial charge in [-0.25, -0.2) is 4.98 Å². The van der Waals surface area contributed by atoms with Gasteiger partial charge in [0.2, 0.25) is 5.88 Å². The SMILES string of the molecule is CN=C(NCc1ccsc1)NCc1ccnc(OC)c1.I. The van der Waals surface area contributed by atoms with Gasteiger partial charge < -0.3 is 15.4 Å². The number of pyridine rings is 1. The van der Waals surface area contributed by atoms with Crippen molar-refractivity contribution >= 4 is 41.3 Å². The third-order valence-electron chi connectivity index (χ3n) is 2.73. The molecule has 2 aromatic rings. The zero-order valence-electron chi connectivity index (χ0n) is 12.0. The summed E-state index contributed by atoms with van der Waals surface area (Å²) in [5.41, 5.74) is 2.35. The van der Waals surface area contributed by atoms with Gasteiger partial charge in [-0.2, -0.15) is 11.3 Å². The van der Waals surface area contributed by atoms with Crippen LogP contribution in [0.5, 0.6) is 5.88 Å². The highest BCUT2D eigenvalue weighted by Crippen LogP contribution is 2.08. The molecule has 114 valence electrons. The number of halogens is 1. The van der Waals surface area contributed by atoms with Crippen LogP contribution in [-0.2, 0) is 13.1 Å². The van der Waals surface area contributed by atoms with E-state index in [2.05, 4.69) is 37.4 Å². The smallest absolute Gasteiger partial charge is 0.213 e. The fraction of sp³-hybridized carbons (Fsp3) is 0.286. The van der Waals surface area contributed by atoms with E-state index in [9.17, 15) is 0 Å². The molecular weight excluding hydrogens is 399 g/mol. The monoisotopic (exact) mass is 418 g/mol. The van der Waals surface area contributed by atoms with Crippen molar-refractivity contribution in [3.8, 4) is 5.88 Å². The van der Waals surface area contributed by atoms with Crippen molar-refractivity contribution in [3.63, 3.8) is 0 Å². The Balaban J connectivity index is 0.00000220. The first-order valence-electron chi connectivity index (χ1n) is 6.26. The van der Waals surface area contributed by atoms with Crippen molar-refractivity contribution in [2.45, 2.75) is 13.1 Å². The molecule has 0 saturated carbocycles. The molecule has 0 amide bonds. The summed E-state index contributed by atoms with van der Waals surface area (Å²) in [7, 11) is 3.37. The topological polar surface area (TPSA) is 58.5 Å². The van der Waals surface area contributed by atoms with Crippen molar-refractivity contribution in [2.75, 3.05) is 14.2 Å². The average Bonchev–Trinajstić information content (AvgIpc) is 3.01. The molecule has 0 aliphatic rings. The fourth-order valence-electron chi connectivity index (χ4n) is 1.66. The van der Waals surface area contributed by atoms with Gasteiger partial charge in [-0.1, -0.05) is 0 Å². The molecule has 2 N–H and O–H groups in total. The van der Waals surface area contributed by atoms with Gasteiger partial charge in [-0.15, -0.1) is 24.0 Å². The molecule has 2 rings (SSSR count). The number of rotatable bonds is 5. The lowest BCUT2D eigenvalue weighted by Gasteiger charge is -2.11. The van der Waals surface area contributed by atoms with Crippen molar-refractivity contribution in [3.05, 3.63) is 46.3 Å². The number of aliphatic imine (C=N–C) groups is 1. The molecule has 0 aliphatic carbocycles. The number of nitrogens with zero attached hydrogens (tertiary/aromatic N) is 2. The van der Waals surface area contributed by atoms with E-state index in [1.165, 1.54) is 5.56 Å². The maximum Gasteiger partial charge on any atom is 0.213 e. The lowest BCUT2D eigenvalue weighted by Crippen LogP contribution is -2.36. The molecule has 0 aliphatic heterocycles. The Morgan fingerprint density at radius 1 is 1.29 bits per heavy atom. The number of methoxy groups -OCH3 is 1. The van der Waals surface area contributed by atoms with E-state index in [-0.39, 0.29) is 24.0 Å². The molecule has 0 aromatic carbocycles. The second kappa shape index (κ2) is 9.56. The molecule has 0 radical (unpaired) electrons. The number of aromatic nitrogens is 1. The van der Waals surface area contributed by atoms with E-state index in [1.807, 2.05) is 12.1 Å². The largest absolute Gasteiger partial charge is 0.481 e. The summed E-state index contributed by atoms with van der Waals surface area (Å²) in [6.45, 7) is 1.44. The zero-order valence-corrected chi connectivity index (χ0v) is 15.1. The quantitative estimate of drug-likeness (QED) is 0.446. The van der Waals surface area contributed by atoms with Crippen molar-refractivity contribution in [2.24, 2.45) is 4.99 Å². The van der Waals surface area contributed by atoms with Crippen LogP contribution in [0.25, 0.3) is 0 Å². The number of hydrogen-bond acceptors (Lipinski definition) is 4. The fourth-order valence-corrected chi connectivity index (χ4v) is 2.33. The maximum absolute atomic E-state index is 5.10. The van der Waals surface area contributed by atoms with Gasteiger partial charge in [0.05, 0.1) is 7.11 Å². The van der Waals surface area contributed by atoms with Crippen LogP contribution < -0.4 is 15.4 Å².